The van der Waals surface area contributed by atoms with Crippen LogP contribution in [0.25, 0.3) is 11.0 Å². The zero-order valence-corrected chi connectivity index (χ0v) is 25.6. The Kier molecular flexibility index (Phi) is 7.90. The summed E-state index contributed by atoms with van der Waals surface area (Å²) in [5.74, 6) is 0.580. The van der Waals surface area contributed by atoms with Gasteiger partial charge in [-0.15, -0.1) is 5.10 Å². The van der Waals surface area contributed by atoms with Gasteiger partial charge in [0.2, 0.25) is 17.7 Å². The fourth-order valence-electron chi connectivity index (χ4n) is 8.53. The van der Waals surface area contributed by atoms with Crippen molar-refractivity contribution in [3.63, 3.8) is 0 Å². The topological polar surface area (TPSA) is 112 Å². The molecule has 2 aliphatic carbocycles. The monoisotopic (exact) mass is 589 g/mol. The number of nitrogens with one attached hydrogen (secondary N) is 2. The van der Waals surface area contributed by atoms with Gasteiger partial charge in [-0.25, -0.2) is 4.68 Å². The Morgan fingerprint density at radius 1 is 1.00 bits per heavy atom. The molecule has 10 nitrogen and oxygen atoms in total. The van der Waals surface area contributed by atoms with E-state index in [4.69, 9.17) is 0 Å². The average Bonchev–Trinajstić information content (AvgIpc) is 3.40. The number of likely N-dealkylation sites (tertiary alicyclic amines) is 2. The number of piperidine rings is 1. The van der Waals surface area contributed by atoms with Crippen molar-refractivity contribution in [3.8, 4) is 0 Å². The molecule has 3 saturated heterocycles. The number of hydrogen-bond acceptors (Lipinski definition) is 6. The van der Waals surface area contributed by atoms with Gasteiger partial charge in [-0.05, 0) is 119 Å². The van der Waals surface area contributed by atoms with Crippen molar-refractivity contribution in [2.45, 2.75) is 95.7 Å². The molecule has 1 spiro atoms. The van der Waals surface area contributed by atoms with E-state index in [0.717, 1.165) is 68.3 Å². The molecule has 10 heteroatoms. The van der Waals surface area contributed by atoms with Crippen molar-refractivity contribution in [1.29, 1.82) is 0 Å². The van der Waals surface area contributed by atoms with Crippen LogP contribution in [0.2, 0.25) is 0 Å². The quantitative estimate of drug-likeness (QED) is 0.513. The number of nitrogens with zero attached hydrogens (tertiary/aromatic N) is 5. The van der Waals surface area contributed by atoms with E-state index in [2.05, 4.69) is 20.9 Å². The second kappa shape index (κ2) is 11.8. The Labute approximate surface area is 254 Å². The van der Waals surface area contributed by atoms with Crippen LogP contribution in [-0.4, -0.2) is 80.8 Å². The van der Waals surface area contributed by atoms with E-state index in [0.29, 0.717) is 36.8 Å². The molecule has 0 bridgehead atoms. The van der Waals surface area contributed by atoms with Crippen molar-refractivity contribution in [2.24, 2.45) is 30.2 Å². The van der Waals surface area contributed by atoms with Crippen molar-refractivity contribution >= 4 is 28.8 Å². The number of aryl methyl sites for hydroxylation is 1. The number of carbonyl (C=O) groups is 3. The Bertz CT molecular complexity index is 1350. The molecule has 7 rings (SSSR count). The lowest BCUT2D eigenvalue weighted by atomic mass is 9.76. The average molecular weight is 590 g/mol. The van der Waals surface area contributed by atoms with Gasteiger partial charge in [-0.3, -0.25) is 14.4 Å². The molecule has 3 aliphatic heterocycles. The van der Waals surface area contributed by atoms with E-state index in [9.17, 15) is 14.4 Å². The highest BCUT2D eigenvalue weighted by atomic mass is 16.2. The first-order chi connectivity index (χ1) is 20.9. The number of fused-ring (bicyclic) bond motifs is 1. The predicted octanol–water partition coefficient (Wildman–Crippen LogP) is 3.15. The highest BCUT2D eigenvalue weighted by Gasteiger charge is 2.48. The number of rotatable bonds is 7. The maximum absolute atomic E-state index is 14.3. The molecule has 43 heavy (non-hydrogen) atoms. The van der Waals surface area contributed by atoms with Gasteiger partial charge in [0.25, 0.3) is 0 Å². The minimum absolute atomic E-state index is 0.0681. The zero-order chi connectivity index (χ0) is 29.6. The van der Waals surface area contributed by atoms with Crippen molar-refractivity contribution in [3.05, 3.63) is 23.8 Å². The minimum atomic E-state index is -0.556. The number of carbonyl (C=O) groups excluding carboxylic acids is 3. The van der Waals surface area contributed by atoms with Crippen LogP contribution in [0.1, 0.15) is 82.6 Å². The van der Waals surface area contributed by atoms with E-state index in [1.807, 2.05) is 35.0 Å². The first kappa shape index (κ1) is 28.7. The van der Waals surface area contributed by atoms with Crippen LogP contribution in [0.5, 0.6) is 0 Å². The van der Waals surface area contributed by atoms with Gasteiger partial charge < -0.3 is 20.4 Å². The molecule has 1 aromatic heterocycles. The molecule has 2 unspecified atom stereocenters. The molecular weight excluding hydrogens is 542 g/mol. The Morgan fingerprint density at radius 2 is 1.79 bits per heavy atom. The van der Waals surface area contributed by atoms with E-state index >= 15 is 0 Å². The third kappa shape index (κ3) is 5.91. The van der Waals surface area contributed by atoms with Gasteiger partial charge in [-0.1, -0.05) is 11.3 Å². The lowest BCUT2D eigenvalue weighted by Crippen LogP contribution is -2.59. The van der Waals surface area contributed by atoms with Crippen LogP contribution in [0.3, 0.4) is 0 Å². The van der Waals surface area contributed by atoms with Gasteiger partial charge in [-0.2, -0.15) is 0 Å². The maximum Gasteiger partial charge on any atom is 0.243 e. The molecule has 2 saturated carbocycles. The SMILES string of the molecule is Cn1nnc2cc(CNC(=O)C3CC(CC4CCC5(CC4)CC5)CN3C(=O)[C@@H]3NCCC[C@@H]3C(=O)N3CCCC3)ccc21. The molecule has 5 fully saturated rings. The molecule has 3 amide bonds. The van der Waals surface area contributed by atoms with Crippen molar-refractivity contribution in [1.82, 2.24) is 35.4 Å². The van der Waals surface area contributed by atoms with Crippen LogP contribution in [-0.2, 0) is 28.0 Å². The first-order valence-electron chi connectivity index (χ1n) is 16.8. The summed E-state index contributed by atoms with van der Waals surface area (Å²) >= 11 is 0. The molecule has 232 valence electrons. The Balaban J connectivity index is 1.06. The van der Waals surface area contributed by atoms with Gasteiger partial charge in [0.1, 0.15) is 11.6 Å². The maximum atomic E-state index is 14.3. The normalized spacial score (nSPS) is 29.0. The fraction of sp³-hybridized carbons (Fsp3) is 0.727. The summed E-state index contributed by atoms with van der Waals surface area (Å²) in [7, 11) is 1.86. The van der Waals surface area contributed by atoms with Crippen LogP contribution in [0, 0.1) is 23.2 Å². The van der Waals surface area contributed by atoms with Crippen LogP contribution in [0.4, 0.5) is 0 Å². The van der Waals surface area contributed by atoms with E-state index in [1.165, 1.54) is 38.5 Å². The smallest absolute Gasteiger partial charge is 0.243 e. The summed E-state index contributed by atoms with van der Waals surface area (Å²) < 4.78 is 1.73. The van der Waals surface area contributed by atoms with Crippen LogP contribution in [0.15, 0.2) is 18.2 Å². The van der Waals surface area contributed by atoms with E-state index < -0.39 is 12.1 Å². The third-order valence-corrected chi connectivity index (χ3v) is 11.4. The second-order valence-corrected chi connectivity index (χ2v) is 14.3. The molecule has 2 aromatic rings. The van der Waals surface area contributed by atoms with Gasteiger partial charge >= 0.3 is 0 Å². The van der Waals surface area contributed by atoms with Crippen molar-refractivity contribution < 1.29 is 14.4 Å². The molecule has 2 N–H and O–H groups in total. The van der Waals surface area contributed by atoms with E-state index in [1.54, 1.807) is 4.68 Å². The third-order valence-electron chi connectivity index (χ3n) is 11.4. The summed E-state index contributed by atoms with van der Waals surface area (Å²) in [4.78, 5) is 45.4. The summed E-state index contributed by atoms with van der Waals surface area (Å²) in [6, 6.07) is 4.85. The summed E-state index contributed by atoms with van der Waals surface area (Å²) in [5.41, 5.74) is 3.35. The summed E-state index contributed by atoms with van der Waals surface area (Å²) in [6.45, 7) is 3.28. The van der Waals surface area contributed by atoms with Crippen molar-refractivity contribution in [2.75, 3.05) is 26.2 Å². The lowest BCUT2D eigenvalue weighted by Gasteiger charge is -2.36. The van der Waals surface area contributed by atoms with Crippen LogP contribution >= 0.6 is 0 Å². The molecule has 0 radical (unpaired) electrons. The highest BCUT2D eigenvalue weighted by molar-refractivity contribution is 5.94. The number of benzene rings is 1. The highest BCUT2D eigenvalue weighted by Crippen LogP contribution is 2.57. The number of aromatic nitrogens is 3. The van der Waals surface area contributed by atoms with Crippen LogP contribution < -0.4 is 10.6 Å². The molecular formula is C33H47N7O3. The molecule has 5 aliphatic rings. The lowest BCUT2D eigenvalue weighted by molar-refractivity contribution is -0.146. The Morgan fingerprint density at radius 3 is 2.56 bits per heavy atom. The summed E-state index contributed by atoms with van der Waals surface area (Å²) in [6.07, 6.45) is 13.5. The molecule has 4 heterocycles. The minimum Gasteiger partial charge on any atom is -0.350 e. The molecule has 1 aromatic carbocycles. The predicted molar refractivity (Wildman–Crippen MR) is 163 cm³/mol. The zero-order valence-electron chi connectivity index (χ0n) is 25.6. The first-order valence-corrected chi connectivity index (χ1v) is 16.8. The fourth-order valence-corrected chi connectivity index (χ4v) is 8.53. The summed E-state index contributed by atoms with van der Waals surface area (Å²) in [5, 5.41) is 14.8. The van der Waals surface area contributed by atoms with E-state index in [-0.39, 0.29) is 23.6 Å². The number of hydrogen-bond donors (Lipinski definition) is 2. The van der Waals surface area contributed by atoms with Gasteiger partial charge in [0.15, 0.2) is 0 Å². The largest absolute Gasteiger partial charge is 0.350 e. The number of amides is 3. The van der Waals surface area contributed by atoms with Gasteiger partial charge in [0, 0.05) is 33.2 Å². The molecule has 4 atom stereocenters. The Hall–Kier alpha value is -3.01. The standard InChI is InChI=1S/C33H47N7O3/c1-38-27-7-6-23(18-26(27)36-37-38)20-35-30(41)28-19-24(17-22-8-10-33(11-9-22)12-13-33)21-40(28)32(43)29-25(5-4-14-34-29)31(42)39-15-2-3-16-39/h6-7,18,22,24-25,28-29,34H,2-5,8-17,19-21H2,1H3,(H,35,41)/t24?,25-,28?,29+/m0/s1. The second-order valence-electron chi connectivity index (χ2n) is 14.3. The van der Waals surface area contributed by atoms with Gasteiger partial charge in [0.05, 0.1) is 17.5 Å².